The smallest absolute Gasteiger partial charge is 0.00784 e. The molecule has 7 rings (SSSR count). The summed E-state index contributed by atoms with van der Waals surface area (Å²) in [5.41, 5.74) is 7.45. The number of hydrogen-bond donors (Lipinski definition) is 0. The summed E-state index contributed by atoms with van der Waals surface area (Å²) >= 11 is 0. The van der Waals surface area contributed by atoms with E-state index in [0.717, 1.165) is 32.5 Å². The lowest BCUT2D eigenvalue weighted by atomic mass is 9.48. The second-order valence-electron chi connectivity index (χ2n) is 14.0. The minimum absolute atomic E-state index is 0.359. The Morgan fingerprint density at radius 3 is 1.71 bits per heavy atom. The molecule has 2 heteroatoms. The van der Waals surface area contributed by atoms with Crippen LogP contribution in [0.2, 0.25) is 0 Å². The van der Waals surface area contributed by atoms with E-state index in [0.29, 0.717) is 16.2 Å². The van der Waals surface area contributed by atoms with Gasteiger partial charge < -0.3 is 0 Å². The maximum Gasteiger partial charge on any atom is 0.00784 e. The Balaban J connectivity index is 1.44. The van der Waals surface area contributed by atoms with Gasteiger partial charge >= 0.3 is 0 Å². The minimum Gasteiger partial charge on any atom is -0.108 e. The van der Waals surface area contributed by atoms with Gasteiger partial charge in [0.1, 0.15) is 0 Å². The molecule has 0 heterocycles. The highest BCUT2D eigenvalue weighted by atomic mass is 31.1. The van der Waals surface area contributed by atoms with E-state index in [2.05, 4.69) is 107 Å². The summed E-state index contributed by atoms with van der Waals surface area (Å²) in [6.07, 6.45) is 10.2. The molecule has 2 unspecified atom stereocenters. The quantitative estimate of drug-likeness (QED) is 0.262. The molecule has 38 heavy (non-hydrogen) atoms. The molecule has 4 bridgehead atoms. The SMILES string of the molecule is Cc1ccccc1P(Cc1ccccc1C(PC(C)(C)C)C12CC3CC(CC(C3)C1)C2)c1ccccc1C. The van der Waals surface area contributed by atoms with Gasteiger partial charge in [-0.2, -0.15) is 0 Å². The summed E-state index contributed by atoms with van der Waals surface area (Å²) in [5, 5.41) is 3.46. The molecule has 4 fully saturated rings. The predicted octanol–water partition coefficient (Wildman–Crippen LogP) is 9.67. The molecule has 3 aromatic rings. The van der Waals surface area contributed by atoms with Crippen LogP contribution in [-0.4, -0.2) is 5.16 Å². The molecule has 0 amide bonds. The summed E-state index contributed by atoms with van der Waals surface area (Å²) in [6, 6.07) is 28.1. The molecule has 3 aromatic carbocycles. The normalized spacial score (nSPS) is 27.5. The second kappa shape index (κ2) is 10.5. The van der Waals surface area contributed by atoms with Crippen LogP contribution in [0.15, 0.2) is 72.8 Å². The summed E-state index contributed by atoms with van der Waals surface area (Å²) in [6.45, 7) is 12.1. The van der Waals surface area contributed by atoms with E-state index in [9.17, 15) is 0 Å². The van der Waals surface area contributed by atoms with Crippen LogP contribution in [0, 0.1) is 37.0 Å². The van der Waals surface area contributed by atoms with Crippen LogP contribution in [0.4, 0.5) is 0 Å². The molecule has 0 spiro atoms. The van der Waals surface area contributed by atoms with Crippen LogP contribution in [0.5, 0.6) is 0 Å². The van der Waals surface area contributed by atoms with Crippen molar-refractivity contribution < 1.29 is 0 Å². The maximum atomic E-state index is 2.56. The molecule has 0 aliphatic heterocycles. The van der Waals surface area contributed by atoms with Gasteiger partial charge in [0.25, 0.3) is 0 Å². The van der Waals surface area contributed by atoms with Crippen molar-refractivity contribution in [2.45, 2.75) is 90.1 Å². The Bertz CT molecular complexity index is 1200. The van der Waals surface area contributed by atoms with E-state index in [4.69, 9.17) is 0 Å². The number of rotatable bonds is 7. The second-order valence-corrected chi connectivity index (χ2v) is 18.5. The standard InChI is InChI=1S/C36H46P2/c1-25-12-6-10-16-32(25)38(33-17-11-7-13-26(33)2)24-30-14-8-9-15-31(30)34(37-35(3,4)5)36-21-27-18-28(22-36)20-29(19-27)23-36/h6-17,27-29,34,37H,18-24H2,1-5H3. The Labute approximate surface area is 235 Å². The van der Waals surface area contributed by atoms with Crippen molar-refractivity contribution >= 4 is 27.1 Å². The lowest BCUT2D eigenvalue weighted by Crippen LogP contribution is -2.48. The molecule has 4 aliphatic rings. The van der Waals surface area contributed by atoms with Crippen LogP contribution < -0.4 is 10.6 Å². The minimum atomic E-state index is -0.473. The third-order valence-electron chi connectivity index (χ3n) is 9.78. The Morgan fingerprint density at radius 1 is 0.737 bits per heavy atom. The highest BCUT2D eigenvalue weighted by Crippen LogP contribution is 2.69. The first-order valence-corrected chi connectivity index (χ1v) is 17.6. The van der Waals surface area contributed by atoms with Crippen molar-refractivity contribution in [1.29, 1.82) is 0 Å². The van der Waals surface area contributed by atoms with Crippen molar-refractivity contribution in [2.75, 3.05) is 0 Å². The Morgan fingerprint density at radius 2 is 1.21 bits per heavy atom. The van der Waals surface area contributed by atoms with Crippen LogP contribution in [-0.2, 0) is 6.16 Å². The third kappa shape index (κ3) is 5.30. The topological polar surface area (TPSA) is 0 Å². The van der Waals surface area contributed by atoms with Crippen molar-refractivity contribution in [1.82, 2.24) is 0 Å². The van der Waals surface area contributed by atoms with Gasteiger partial charge in [-0.3, -0.25) is 0 Å². The van der Waals surface area contributed by atoms with E-state index < -0.39 is 7.92 Å². The zero-order valence-corrected chi connectivity index (χ0v) is 26.0. The van der Waals surface area contributed by atoms with Gasteiger partial charge in [0.05, 0.1) is 0 Å². The summed E-state index contributed by atoms with van der Waals surface area (Å²) in [7, 11) is 0.508. The van der Waals surface area contributed by atoms with Gasteiger partial charge in [0, 0.05) is 11.8 Å². The van der Waals surface area contributed by atoms with Gasteiger partial charge in [0.15, 0.2) is 0 Å². The van der Waals surface area contributed by atoms with E-state index in [-0.39, 0.29) is 0 Å². The van der Waals surface area contributed by atoms with Gasteiger partial charge in [-0.05, 0) is 121 Å². The van der Waals surface area contributed by atoms with Gasteiger partial charge in [0.2, 0.25) is 0 Å². The lowest BCUT2D eigenvalue weighted by molar-refractivity contribution is -0.0548. The Kier molecular flexibility index (Phi) is 7.38. The van der Waals surface area contributed by atoms with Crippen LogP contribution in [0.1, 0.15) is 87.2 Å². The fourth-order valence-electron chi connectivity index (χ4n) is 8.69. The molecule has 0 radical (unpaired) electrons. The van der Waals surface area contributed by atoms with Gasteiger partial charge in [-0.15, -0.1) is 8.58 Å². The zero-order chi connectivity index (χ0) is 26.5. The summed E-state index contributed by atoms with van der Waals surface area (Å²) in [5.74, 6) is 2.99. The van der Waals surface area contributed by atoms with E-state index in [1.54, 1.807) is 21.7 Å². The van der Waals surface area contributed by atoms with E-state index in [1.807, 2.05) is 0 Å². The summed E-state index contributed by atoms with van der Waals surface area (Å²) in [4.78, 5) is 0. The molecule has 0 nitrogen and oxygen atoms in total. The average molecular weight is 541 g/mol. The zero-order valence-electron chi connectivity index (χ0n) is 24.1. The first kappa shape index (κ1) is 26.7. The van der Waals surface area contributed by atoms with Crippen molar-refractivity contribution in [3.05, 3.63) is 95.1 Å². The monoisotopic (exact) mass is 540 g/mol. The maximum absolute atomic E-state index is 2.56. The largest absolute Gasteiger partial charge is 0.108 e. The highest BCUT2D eigenvalue weighted by molar-refractivity contribution is 7.72. The third-order valence-corrected chi connectivity index (χ3v) is 14.7. The first-order chi connectivity index (χ1) is 18.2. The molecule has 4 saturated carbocycles. The molecule has 4 aliphatic carbocycles. The average Bonchev–Trinajstić information content (AvgIpc) is 2.86. The number of aryl methyl sites for hydroxylation is 2. The molecular formula is C36H46P2. The van der Waals surface area contributed by atoms with Gasteiger partial charge in [-0.1, -0.05) is 93.6 Å². The van der Waals surface area contributed by atoms with E-state index in [1.165, 1.54) is 49.7 Å². The van der Waals surface area contributed by atoms with Crippen LogP contribution in [0.25, 0.3) is 0 Å². The van der Waals surface area contributed by atoms with Crippen molar-refractivity contribution in [3.8, 4) is 0 Å². The summed E-state index contributed by atoms with van der Waals surface area (Å²) < 4.78 is 0. The van der Waals surface area contributed by atoms with Crippen LogP contribution >= 0.6 is 16.5 Å². The predicted molar refractivity (Wildman–Crippen MR) is 170 cm³/mol. The molecule has 0 N–H and O–H groups in total. The number of benzene rings is 3. The fourth-order valence-corrected chi connectivity index (χ4v) is 13.4. The van der Waals surface area contributed by atoms with Crippen molar-refractivity contribution in [3.63, 3.8) is 0 Å². The number of hydrogen-bond acceptors (Lipinski definition) is 0. The van der Waals surface area contributed by atoms with E-state index >= 15 is 0 Å². The van der Waals surface area contributed by atoms with Crippen molar-refractivity contribution in [2.24, 2.45) is 23.2 Å². The molecule has 0 aromatic heterocycles. The fraction of sp³-hybridized carbons (Fsp3) is 0.500. The van der Waals surface area contributed by atoms with Gasteiger partial charge in [-0.25, -0.2) is 0 Å². The molecule has 200 valence electrons. The van der Waals surface area contributed by atoms with Crippen LogP contribution in [0.3, 0.4) is 0 Å². The first-order valence-electron chi connectivity index (χ1n) is 14.9. The highest BCUT2D eigenvalue weighted by Gasteiger charge is 2.55. The Hall–Kier alpha value is -1.48. The molecule has 0 saturated heterocycles. The molecular weight excluding hydrogens is 494 g/mol. The lowest BCUT2D eigenvalue weighted by Gasteiger charge is -2.60. The molecule has 2 atom stereocenters.